The number of nitrogens with zero attached hydrogens (tertiary/aromatic N) is 1. The molecule has 0 aliphatic carbocycles. The van der Waals surface area contributed by atoms with E-state index in [1.807, 2.05) is 39.0 Å². The van der Waals surface area contributed by atoms with E-state index in [1.54, 1.807) is 11.9 Å². The van der Waals surface area contributed by atoms with Gasteiger partial charge < -0.3 is 33.9 Å². The summed E-state index contributed by atoms with van der Waals surface area (Å²) in [5.74, 6) is 1.08. The number of fused-ring (bicyclic) bond motifs is 3. The second-order valence-electron chi connectivity index (χ2n) is 12.4. The fraction of sp³-hybridized carbons (Fsp3) is 0.667. The van der Waals surface area contributed by atoms with Gasteiger partial charge in [-0.2, -0.15) is 0 Å². The molecule has 1 aromatic rings. The second kappa shape index (κ2) is 11.4. The topological polar surface area (TPSA) is 95.6 Å². The van der Waals surface area contributed by atoms with E-state index >= 15 is 0 Å². The van der Waals surface area contributed by atoms with Crippen molar-refractivity contribution in [2.75, 3.05) is 40.0 Å². The molecule has 216 valence electrons. The molecule has 9 nitrogen and oxygen atoms in total. The van der Waals surface area contributed by atoms with Crippen LogP contribution < -0.4 is 14.8 Å². The maximum absolute atomic E-state index is 12.9. The molecule has 0 unspecified atom stereocenters. The summed E-state index contributed by atoms with van der Waals surface area (Å²) in [5, 5.41) is 2.56. The first-order valence-corrected chi connectivity index (χ1v) is 13.9. The Labute approximate surface area is 232 Å². The van der Waals surface area contributed by atoms with Gasteiger partial charge in [0.2, 0.25) is 0 Å². The normalized spacial score (nSPS) is 28.0. The standard InChI is InChI=1S/C30H44N2O7/c1-20(2)9-8-12-29(6)23-16-30(18-32(13-14-37-30)27(34)39-28(3,4)5)19-36-26(23)22-11-10-21(15-24(22)38-29)35-17-25(33)31-7/h9-11,15,23,26H,8,12-14,16-19H2,1-7H3,(H,31,33)/t23-,26+,29+,30+/m0/s1. The average molecular weight is 545 g/mol. The maximum Gasteiger partial charge on any atom is 0.410 e. The summed E-state index contributed by atoms with van der Waals surface area (Å²) < 4.78 is 31.1. The molecule has 1 spiro atoms. The van der Waals surface area contributed by atoms with Gasteiger partial charge in [0.15, 0.2) is 6.61 Å². The minimum atomic E-state index is -0.633. The number of nitrogens with one attached hydrogen (secondary N) is 1. The van der Waals surface area contributed by atoms with Crippen molar-refractivity contribution in [3.63, 3.8) is 0 Å². The van der Waals surface area contributed by atoms with Gasteiger partial charge in [-0.05, 0) is 72.9 Å². The zero-order chi connectivity index (χ0) is 28.4. The van der Waals surface area contributed by atoms with Gasteiger partial charge in [0.05, 0.1) is 25.9 Å². The Kier molecular flexibility index (Phi) is 8.52. The number of ether oxygens (including phenoxy) is 5. The van der Waals surface area contributed by atoms with Gasteiger partial charge >= 0.3 is 6.09 Å². The lowest BCUT2D eigenvalue weighted by Gasteiger charge is -2.55. The van der Waals surface area contributed by atoms with E-state index < -0.39 is 16.8 Å². The molecular formula is C30H44N2O7. The Morgan fingerprint density at radius 1 is 1.26 bits per heavy atom. The molecule has 4 atom stereocenters. The zero-order valence-electron chi connectivity index (χ0n) is 24.4. The van der Waals surface area contributed by atoms with Gasteiger partial charge in [-0.3, -0.25) is 4.79 Å². The van der Waals surface area contributed by atoms with E-state index in [4.69, 9.17) is 23.7 Å². The van der Waals surface area contributed by atoms with Crippen LogP contribution in [0, 0.1) is 5.92 Å². The monoisotopic (exact) mass is 544 g/mol. The van der Waals surface area contributed by atoms with Crippen LogP contribution in [0.5, 0.6) is 11.5 Å². The lowest BCUT2D eigenvalue weighted by Crippen LogP contribution is -2.63. The number of carbonyl (C=O) groups is 2. The van der Waals surface area contributed by atoms with Crippen molar-refractivity contribution in [2.45, 2.75) is 83.7 Å². The highest BCUT2D eigenvalue weighted by Crippen LogP contribution is 2.54. The van der Waals surface area contributed by atoms with Crippen LogP contribution in [-0.2, 0) is 19.0 Å². The third-order valence-electron chi connectivity index (χ3n) is 7.64. The number of hydrogen-bond acceptors (Lipinski definition) is 7. The molecule has 3 aliphatic heterocycles. The van der Waals surface area contributed by atoms with E-state index in [0.29, 0.717) is 44.2 Å². The summed E-state index contributed by atoms with van der Waals surface area (Å²) in [7, 11) is 1.58. The van der Waals surface area contributed by atoms with Crippen LogP contribution >= 0.6 is 0 Å². The molecule has 2 saturated heterocycles. The fourth-order valence-corrected chi connectivity index (χ4v) is 5.66. The first-order valence-electron chi connectivity index (χ1n) is 13.9. The maximum atomic E-state index is 12.9. The number of amides is 2. The molecular weight excluding hydrogens is 500 g/mol. The lowest BCUT2D eigenvalue weighted by molar-refractivity contribution is -0.231. The first kappa shape index (κ1) is 29.2. The highest BCUT2D eigenvalue weighted by molar-refractivity contribution is 5.77. The van der Waals surface area contributed by atoms with Crippen LogP contribution in [0.4, 0.5) is 4.79 Å². The zero-order valence-corrected chi connectivity index (χ0v) is 24.4. The minimum Gasteiger partial charge on any atom is -0.487 e. The Morgan fingerprint density at radius 2 is 2.03 bits per heavy atom. The Morgan fingerprint density at radius 3 is 2.72 bits per heavy atom. The first-order chi connectivity index (χ1) is 18.3. The molecule has 1 aromatic carbocycles. The van der Waals surface area contributed by atoms with Crippen molar-refractivity contribution in [3.8, 4) is 11.5 Å². The van der Waals surface area contributed by atoms with Crippen LogP contribution in [0.2, 0.25) is 0 Å². The van der Waals surface area contributed by atoms with Crippen LogP contribution in [0.15, 0.2) is 29.8 Å². The number of rotatable bonds is 6. The molecule has 9 heteroatoms. The average Bonchev–Trinajstić information content (AvgIpc) is 2.86. The number of likely N-dealkylation sites (N-methyl/N-ethyl adjacent to an activating group) is 1. The molecule has 1 N–H and O–H groups in total. The van der Waals surface area contributed by atoms with E-state index in [1.165, 1.54) is 5.57 Å². The van der Waals surface area contributed by atoms with Crippen LogP contribution in [0.25, 0.3) is 0 Å². The number of allylic oxidation sites excluding steroid dienone is 2. The number of benzene rings is 1. The molecule has 2 amide bonds. The molecule has 4 rings (SSSR count). The highest BCUT2D eigenvalue weighted by Gasteiger charge is 2.55. The molecule has 0 saturated carbocycles. The van der Waals surface area contributed by atoms with E-state index in [2.05, 4.69) is 32.2 Å². The number of morpholine rings is 1. The molecule has 39 heavy (non-hydrogen) atoms. The van der Waals surface area contributed by atoms with Crippen molar-refractivity contribution < 1.29 is 33.3 Å². The summed E-state index contributed by atoms with van der Waals surface area (Å²) in [6.07, 6.45) is 4.05. The summed E-state index contributed by atoms with van der Waals surface area (Å²) in [6.45, 7) is 13.6. The van der Waals surface area contributed by atoms with Crippen molar-refractivity contribution in [1.82, 2.24) is 10.2 Å². The number of hydrogen-bond donors (Lipinski definition) is 1. The van der Waals surface area contributed by atoms with E-state index in [9.17, 15) is 9.59 Å². The molecule has 3 aliphatic rings. The Bertz CT molecular complexity index is 1090. The quantitative estimate of drug-likeness (QED) is 0.515. The van der Waals surface area contributed by atoms with E-state index in [0.717, 1.165) is 18.4 Å². The predicted molar refractivity (Wildman–Crippen MR) is 147 cm³/mol. The Hall–Kier alpha value is -2.78. The van der Waals surface area contributed by atoms with Crippen molar-refractivity contribution >= 4 is 12.0 Å². The summed E-state index contributed by atoms with van der Waals surface area (Å²) in [6, 6.07) is 5.67. The smallest absolute Gasteiger partial charge is 0.410 e. The van der Waals surface area contributed by atoms with Crippen LogP contribution in [0.3, 0.4) is 0 Å². The predicted octanol–water partition coefficient (Wildman–Crippen LogP) is 4.79. The Balaban J connectivity index is 1.60. The van der Waals surface area contributed by atoms with Gasteiger partial charge in [-0.1, -0.05) is 11.6 Å². The van der Waals surface area contributed by atoms with E-state index in [-0.39, 0.29) is 30.6 Å². The third kappa shape index (κ3) is 6.87. The summed E-state index contributed by atoms with van der Waals surface area (Å²) >= 11 is 0. The van der Waals surface area contributed by atoms with Gasteiger partial charge in [0, 0.05) is 31.1 Å². The van der Waals surface area contributed by atoms with Crippen molar-refractivity contribution in [3.05, 3.63) is 35.4 Å². The SMILES string of the molecule is CNC(=O)COc1ccc2c(c1)O[C@](C)(CCC=C(C)C)[C@H]1C[C@]3(CO[C@H]21)CN(C(=O)OC(C)(C)C)CCO3. The van der Waals surface area contributed by atoms with Crippen molar-refractivity contribution in [1.29, 1.82) is 0 Å². The van der Waals surface area contributed by atoms with Crippen molar-refractivity contribution in [2.24, 2.45) is 5.92 Å². The molecule has 3 heterocycles. The van der Waals surface area contributed by atoms with Crippen LogP contribution in [-0.4, -0.2) is 73.7 Å². The van der Waals surface area contributed by atoms with Crippen LogP contribution in [0.1, 0.15) is 72.5 Å². The highest BCUT2D eigenvalue weighted by atomic mass is 16.6. The second-order valence-corrected chi connectivity index (χ2v) is 12.4. The minimum absolute atomic E-state index is 0.000497. The van der Waals surface area contributed by atoms with Gasteiger partial charge in [0.25, 0.3) is 5.91 Å². The fourth-order valence-electron chi connectivity index (χ4n) is 5.66. The summed E-state index contributed by atoms with van der Waals surface area (Å²) in [5.41, 5.74) is 0.474. The van der Waals surface area contributed by atoms with Gasteiger partial charge in [-0.25, -0.2) is 4.79 Å². The van der Waals surface area contributed by atoms with Gasteiger partial charge in [-0.15, -0.1) is 0 Å². The number of carbonyl (C=O) groups excluding carboxylic acids is 2. The lowest BCUT2D eigenvalue weighted by atomic mass is 9.69. The third-order valence-corrected chi connectivity index (χ3v) is 7.64. The largest absolute Gasteiger partial charge is 0.487 e. The molecule has 0 bridgehead atoms. The molecule has 2 fully saturated rings. The molecule has 0 radical (unpaired) electrons. The summed E-state index contributed by atoms with van der Waals surface area (Å²) in [4.78, 5) is 26.3. The molecule has 0 aromatic heterocycles. The van der Waals surface area contributed by atoms with Gasteiger partial charge in [0.1, 0.15) is 28.3 Å².